The second-order valence-corrected chi connectivity index (χ2v) is 4.83. The molecule has 2 rings (SSSR count). The van der Waals surface area contributed by atoms with E-state index in [0.717, 1.165) is 5.56 Å². The third-order valence-corrected chi connectivity index (χ3v) is 2.52. The van der Waals surface area contributed by atoms with Gasteiger partial charge in [0.2, 0.25) is 0 Å². The Labute approximate surface area is 105 Å². The molecule has 82 valence electrons. The molecule has 0 unspecified atom stereocenters. The van der Waals surface area contributed by atoms with Crippen LogP contribution in [0.1, 0.15) is 33.2 Å². The Hall–Kier alpha value is -1.56. The third-order valence-electron chi connectivity index (χ3n) is 2.52. The van der Waals surface area contributed by atoms with Crippen molar-refractivity contribution in [2.45, 2.75) is 26.2 Å². The summed E-state index contributed by atoms with van der Waals surface area (Å²) in [6.07, 6.45) is 0. The lowest BCUT2D eigenvalue weighted by molar-refractivity contribution is 0.590. The van der Waals surface area contributed by atoms with Crippen LogP contribution in [0.15, 0.2) is 54.5 Å². The fourth-order valence-corrected chi connectivity index (χ4v) is 1.54. The average molecular weight is 215 g/mol. The third kappa shape index (κ3) is 2.33. The molecule has 2 aromatic carbocycles. The Bertz CT molecular complexity index is 670. The van der Waals surface area contributed by atoms with E-state index in [4.69, 9.17) is 6.85 Å². The van der Waals surface area contributed by atoms with Crippen molar-refractivity contribution in [1.29, 1.82) is 0 Å². The molecule has 0 aliphatic heterocycles. The molecule has 0 spiro atoms. The molecule has 0 radical (unpaired) electrons. The maximum Gasteiger partial charge on any atom is 0.0629 e. The molecule has 0 aliphatic rings. The second kappa shape index (κ2) is 4.13. The molecular formula is C16H18. The molecule has 0 bridgehead atoms. The quantitative estimate of drug-likeness (QED) is 0.649. The van der Waals surface area contributed by atoms with Crippen LogP contribution in [0, 0.1) is 0 Å². The first-order chi connectivity index (χ1) is 9.64. The maximum absolute atomic E-state index is 8.03. The maximum atomic E-state index is 8.03. The number of rotatable bonds is 1. The van der Waals surface area contributed by atoms with E-state index in [1.807, 2.05) is 18.2 Å². The fourth-order valence-electron chi connectivity index (χ4n) is 1.54. The minimum atomic E-state index is -0.360. The molecule has 16 heavy (non-hydrogen) atoms. The fraction of sp³-hybridized carbons (Fsp3) is 0.250. The SMILES string of the molecule is [2H]c1c([2H])c([2H])c(-c2cccc(C(C)(C)C)c2)c([2H])c1[2H]. The minimum absolute atomic E-state index is 0.0661. The first kappa shape index (κ1) is 6.24. The summed E-state index contributed by atoms with van der Waals surface area (Å²) < 4.78 is 39.2. The van der Waals surface area contributed by atoms with E-state index in [0.29, 0.717) is 5.56 Å². The molecule has 0 aliphatic carbocycles. The van der Waals surface area contributed by atoms with E-state index >= 15 is 0 Å². The van der Waals surface area contributed by atoms with Crippen LogP contribution in [0.3, 0.4) is 0 Å². The predicted octanol–water partition coefficient (Wildman–Crippen LogP) is 4.65. The lowest BCUT2D eigenvalue weighted by Crippen LogP contribution is -2.10. The molecule has 0 N–H and O–H groups in total. The Balaban J connectivity index is 2.74. The summed E-state index contributed by atoms with van der Waals surface area (Å²) in [5.74, 6) is 0. The van der Waals surface area contributed by atoms with Crippen molar-refractivity contribution in [2.75, 3.05) is 0 Å². The summed E-state index contributed by atoms with van der Waals surface area (Å²) in [5, 5.41) is 0. The highest BCUT2D eigenvalue weighted by Gasteiger charge is 2.13. The van der Waals surface area contributed by atoms with Crippen molar-refractivity contribution >= 4 is 0 Å². The lowest BCUT2D eigenvalue weighted by Gasteiger charge is -2.19. The van der Waals surface area contributed by atoms with Crippen LogP contribution in [0.25, 0.3) is 11.1 Å². The van der Waals surface area contributed by atoms with Gasteiger partial charge in [-0.15, -0.1) is 0 Å². The van der Waals surface area contributed by atoms with Crippen molar-refractivity contribution in [3.63, 3.8) is 0 Å². The van der Waals surface area contributed by atoms with Gasteiger partial charge in [0, 0.05) is 0 Å². The Morgan fingerprint density at radius 3 is 2.25 bits per heavy atom. The Morgan fingerprint density at radius 1 is 0.938 bits per heavy atom. The van der Waals surface area contributed by atoms with E-state index in [2.05, 4.69) is 20.8 Å². The smallest absolute Gasteiger partial charge is 0.0622 e. The van der Waals surface area contributed by atoms with Crippen LogP contribution in [0.5, 0.6) is 0 Å². The van der Waals surface area contributed by atoms with Gasteiger partial charge in [-0.1, -0.05) is 75.2 Å². The van der Waals surface area contributed by atoms with Gasteiger partial charge in [0.1, 0.15) is 0 Å². The normalized spacial score (nSPS) is 15.8. The van der Waals surface area contributed by atoms with Crippen LogP contribution in [-0.2, 0) is 5.41 Å². The summed E-state index contributed by atoms with van der Waals surface area (Å²) in [6.45, 7) is 6.23. The largest absolute Gasteiger partial charge is 0.0629 e. The molecular weight excluding hydrogens is 192 g/mol. The van der Waals surface area contributed by atoms with Gasteiger partial charge < -0.3 is 0 Å². The summed E-state index contributed by atoms with van der Waals surface area (Å²) in [7, 11) is 0. The molecule has 0 saturated carbocycles. The van der Waals surface area contributed by atoms with Gasteiger partial charge in [-0.25, -0.2) is 0 Å². The molecule has 0 amide bonds. The van der Waals surface area contributed by atoms with Crippen molar-refractivity contribution in [2.24, 2.45) is 0 Å². The Morgan fingerprint density at radius 2 is 1.62 bits per heavy atom. The van der Waals surface area contributed by atoms with Gasteiger partial charge in [-0.3, -0.25) is 0 Å². The Kier molecular flexibility index (Phi) is 1.61. The highest BCUT2D eigenvalue weighted by atomic mass is 14.2. The van der Waals surface area contributed by atoms with Crippen molar-refractivity contribution in [3.05, 3.63) is 60.0 Å². The molecule has 0 heteroatoms. The molecule has 0 fully saturated rings. The highest BCUT2D eigenvalue weighted by molar-refractivity contribution is 5.64. The van der Waals surface area contributed by atoms with Gasteiger partial charge >= 0.3 is 0 Å². The predicted molar refractivity (Wildman–Crippen MR) is 70.6 cm³/mol. The molecule has 0 saturated heterocycles. The van der Waals surface area contributed by atoms with Gasteiger partial charge in [-0.2, -0.15) is 0 Å². The monoisotopic (exact) mass is 215 g/mol. The van der Waals surface area contributed by atoms with E-state index in [-0.39, 0.29) is 41.2 Å². The summed E-state index contributed by atoms with van der Waals surface area (Å²) in [5.41, 5.74) is 1.90. The van der Waals surface area contributed by atoms with Gasteiger partial charge in [0.25, 0.3) is 0 Å². The van der Waals surface area contributed by atoms with Crippen LogP contribution >= 0.6 is 0 Å². The number of benzene rings is 2. The molecule has 0 nitrogen and oxygen atoms in total. The highest BCUT2D eigenvalue weighted by Crippen LogP contribution is 2.27. The zero-order valence-electron chi connectivity index (χ0n) is 14.8. The molecule has 2 aromatic rings. The van der Waals surface area contributed by atoms with Crippen LogP contribution in [0.4, 0.5) is 0 Å². The van der Waals surface area contributed by atoms with E-state index in [1.54, 1.807) is 6.07 Å². The zero-order chi connectivity index (χ0) is 15.9. The molecule has 0 atom stereocenters. The van der Waals surface area contributed by atoms with Gasteiger partial charge in [-0.05, 0) is 22.1 Å². The first-order valence-electron chi connectivity index (χ1n) is 7.82. The van der Waals surface area contributed by atoms with E-state index in [9.17, 15) is 0 Å². The van der Waals surface area contributed by atoms with Crippen LogP contribution in [-0.4, -0.2) is 0 Å². The van der Waals surface area contributed by atoms with Crippen molar-refractivity contribution in [1.82, 2.24) is 0 Å². The molecule has 0 aromatic heterocycles. The topological polar surface area (TPSA) is 0 Å². The van der Waals surface area contributed by atoms with Crippen molar-refractivity contribution in [3.8, 4) is 11.1 Å². The molecule has 0 heterocycles. The summed E-state index contributed by atoms with van der Waals surface area (Å²) in [4.78, 5) is 0. The summed E-state index contributed by atoms with van der Waals surface area (Å²) >= 11 is 0. The first-order valence-corrected chi connectivity index (χ1v) is 5.32. The zero-order valence-corrected chi connectivity index (χ0v) is 9.81. The second-order valence-electron chi connectivity index (χ2n) is 4.83. The van der Waals surface area contributed by atoms with E-state index in [1.165, 1.54) is 0 Å². The lowest BCUT2D eigenvalue weighted by atomic mass is 9.85. The van der Waals surface area contributed by atoms with E-state index < -0.39 is 0 Å². The standard InChI is InChI=1S/C16H18/c1-16(2,3)15-11-7-10-14(12-15)13-8-5-4-6-9-13/h4-12H,1-3H3/i4D,5D,6D,8D,9D. The van der Waals surface area contributed by atoms with Gasteiger partial charge in [0.05, 0.1) is 6.85 Å². The number of hydrogen-bond acceptors (Lipinski definition) is 0. The average Bonchev–Trinajstić information content (AvgIpc) is 2.43. The van der Waals surface area contributed by atoms with Crippen LogP contribution in [0.2, 0.25) is 0 Å². The minimum Gasteiger partial charge on any atom is -0.0622 e. The van der Waals surface area contributed by atoms with Crippen LogP contribution < -0.4 is 0 Å². The van der Waals surface area contributed by atoms with Gasteiger partial charge in [0.15, 0.2) is 0 Å². The van der Waals surface area contributed by atoms with Crippen molar-refractivity contribution < 1.29 is 6.85 Å². The number of hydrogen-bond donors (Lipinski definition) is 0. The summed E-state index contributed by atoms with van der Waals surface area (Å²) in [6, 6.07) is 6.24.